The third kappa shape index (κ3) is 4.67. The van der Waals surface area contributed by atoms with Gasteiger partial charge in [0.05, 0.1) is 22.9 Å². The van der Waals surface area contributed by atoms with Crippen LogP contribution in [0.5, 0.6) is 0 Å². The summed E-state index contributed by atoms with van der Waals surface area (Å²) in [6.07, 6.45) is 5.66. The van der Waals surface area contributed by atoms with Crippen molar-refractivity contribution in [3.63, 3.8) is 0 Å². The van der Waals surface area contributed by atoms with Gasteiger partial charge in [-0.3, -0.25) is 4.79 Å². The van der Waals surface area contributed by atoms with E-state index in [0.717, 1.165) is 22.5 Å². The van der Waals surface area contributed by atoms with Gasteiger partial charge in [-0.1, -0.05) is 30.3 Å². The first-order valence-electron chi connectivity index (χ1n) is 10.6. The van der Waals surface area contributed by atoms with E-state index >= 15 is 0 Å². The molecule has 4 rings (SSSR count). The number of carbonyl (C=O) groups excluding carboxylic acids is 1. The molecule has 1 aliphatic rings. The van der Waals surface area contributed by atoms with E-state index in [1.807, 2.05) is 47.3 Å². The van der Waals surface area contributed by atoms with E-state index in [0.29, 0.717) is 6.42 Å². The van der Waals surface area contributed by atoms with E-state index in [9.17, 15) is 13.2 Å². The van der Waals surface area contributed by atoms with Crippen molar-refractivity contribution < 1.29 is 13.2 Å². The zero-order valence-electron chi connectivity index (χ0n) is 18.5. The summed E-state index contributed by atoms with van der Waals surface area (Å²) >= 11 is 0. The van der Waals surface area contributed by atoms with Crippen LogP contribution in [-0.4, -0.2) is 53.6 Å². The maximum Gasteiger partial charge on any atom is 0.246 e. The fourth-order valence-corrected chi connectivity index (χ4v) is 5.65. The maximum absolute atomic E-state index is 12.8. The average molecular weight is 450 g/mol. The molecule has 0 N–H and O–H groups in total. The summed E-state index contributed by atoms with van der Waals surface area (Å²) in [5.74, 6) is -0.0477. The Morgan fingerprint density at radius 1 is 1.12 bits per heavy atom. The lowest BCUT2D eigenvalue weighted by Gasteiger charge is -2.21. The predicted molar refractivity (Wildman–Crippen MR) is 127 cm³/mol. The fourth-order valence-electron chi connectivity index (χ4n) is 3.87. The minimum atomic E-state index is -3.05. The molecule has 6 nitrogen and oxygen atoms in total. The number of hydrogen-bond donors (Lipinski definition) is 0. The van der Waals surface area contributed by atoms with Gasteiger partial charge in [0.1, 0.15) is 0 Å². The number of hydrogen-bond acceptors (Lipinski definition) is 4. The van der Waals surface area contributed by atoms with E-state index in [1.165, 1.54) is 22.1 Å². The van der Waals surface area contributed by atoms with Crippen LogP contribution in [0.1, 0.15) is 23.1 Å². The average Bonchev–Trinajstić information content (AvgIpc) is 3.37. The molecular formula is C25H27N3O3S. The minimum absolute atomic E-state index is 0.0307. The topological polar surface area (TPSA) is 72.3 Å². The SMILES string of the molecule is Cc1ccc(-c2nn(-c3ccccc3)cc2/C=C/C(=O)N(C)C2CCS(=O)(=O)C2)cc1C. The number of sulfone groups is 1. The van der Waals surface area contributed by atoms with Crippen LogP contribution in [0.3, 0.4) is 0 Å². The third-order valence-corrected chi connectivity index (χ3v) is 7.80. The van der Waals surface area contributed by atoms with Crippen molar-refractivity contribution >= 4 is 21.8 Å². The molecule has 7 heteroatoms. The maximum atomic E-state index is 12.8. The van der Waals surface area contributed by atoms with Crippen LogP contribution < -0.4 is 0 Å². The van der Waals surface area contributed by atoms with E-state index in [-0.39, 0.29) is 23.5 Å². The first kappa shape index (κ1) is 22.0. The summed E-state index contributed by atoms with van der Waals surface area (Å²) < 4.78 is 25.3. The van der Waals surface area contributed by atoms with E-state index < -0.39 is 9.84 Å². The number of aromatic nitrogens is 2. The quantitative estimate of drug-likeness (QED) is 0.555. The Kier molecular flexibility index (Phi) is 6.02. The summed E-state index contributed by atoms with van der Waals surface area (Å²) in [4.78, 5) is 14.3. The smallest absolute Gasteiger partial charge is 0.246 e. The van der Waals surface area contributed by atoms with Gasteiger partial charge in [-0.15, -0.1) is 0 Å². The van der Waals surface area contributed by atoms with Gasteiger partial charge >= 0.3 is 0 Å². The Balaban J connectivity index is 1.66. The predicted octanol–water partition coefficient (Wildman–Crippen LogP) is 3.81. The monoisotopic (exact) mass is 449 g/mol. The zero-order chi connectivity index (χ0) is 22.9. The van der Waals surface area contributed by atoms with Crippen molar-refractivity contribution in [2.75, 3.05) is 18.6 Å². The van der Waals surface area contributed by atoms with Gasteiger partial charge in [0.15, 0.2) is 9.84 Å². The van der Waals surface area contributed by atoms with Crippen LogP contribution in [0.2, 0.25) is 0 Å². The second kappa shape index (κ2) is 8.74. The van der Waals surface area contributed by atoms with Gasteiger partial charge in [-0.2, -0.15) is 5.10 Å². The van der Waals surface area contributed by atoms with Crippen LogP contribution in [0.25, 0.3) is 23.0 Å². The van der Waals surface area contributed by atoms with E-state index in [2.05, 4.69) is 26.0 Å². The second-order valence-corrected chi connectivity index (χ2v) is 10.6. The number of aryl methyl sites for hydroxylation is 2. The van der Waals surface area contributed by atoms with Gasteiger partial charge in [-0.25, -0.2) is 13.1 Å². The highest BCUT2D eigenvalue weighted by Gasteiger charge is 2.32. The standard InChI is InChI=1S/C25H27N3O3S/c1-18-9-10-20(15-19(18)2)25-21(16-28(26-25)22-7-5-4-6-8-22)11-12-24(29)27(3)23-13-14-32(30,31)17-23/h4-12,15-16,23H,13-14,17H2,1-3H3/b12-11+. The Morgan fingerprint density at radius 3 is 2.53 bits per heavy atom. The van der Waals surface area contributed by atoms with E-state index in [4.69, 9.17) is 5.10 Å². The van der Waals surface area contributed by atoms with Crippen molar-refractivity contribution in [3.05, 3.63) is 77.5 Å². The summed E-state index contributed by atoms with van der Waals surface area (Å²) in [7, 11) is -1.39. The number of amides is 1. The third-order valence-electron chi connectivity index (χ3n) is 6.05. The summed E-state index contributed by atoms with van der Waals surface area (Å²) in [6, 6.07) is 15.7. The highest BCUT2D eigenvalue weighted by molar-refractivity contribution is 7.91. The molecule has 1 amide bonds. The van der Waals surface area contributed by atoms with Crippen molar-refractivity contribution in [1.29, 1.82) is 0 Å². The first-order chi connectivity index (χ1) is 15.2. The summed E-state index contributed by atoms with van der Waals surface area (Å²) in [6.45, 7) is 4.14. The number of para-hydroxylation sites is 1. The molecule has 2 heterocycles. The molecule has 166 valence electrons. The number of rotatable bonds is 5. The molecule has 1 unspecified atom stereocenters. The number of likely N-dealkylation sites (N-methyl/N-ethyl adjacent to an activating group) is 1. The van der Waals surface area contributed by atoms with Crippen molar-refractivity contribution in [2.24, 2.45) is 0 Å². The Morgan fingerprint density at radius 2 is 1.88 bits per heavy atom. The summed E-state index contributed by atoms with van der Waals surface area (Å²) in [5.41, 5.74) is 5.88. The van der Waals surface area contributed by atoms with Crippen LogP contribution in [0, 0.1) is 13.8 Å². The van der Waals surface area contributed by atoms with Crippen molar-refractivity contribution in [3.8, 4) is 16.9 Å². The van der Waals surface area contributed by atoms with Gasteiger partial charge in [0.25, 0.3) is 0 Å². The Bertz CT molecular complexity index is 1280. The molecule has 32 heavy (non-hydrogen) atoms. The molecule has 0 radical (unpaired) electrons. The molecule has 1 atom stereocenters. The Labute approximate surface area is 189 Å². The van der Waals surface area contributed by atoms with E-state index in [1.54, 1.807) is 13.1 Å². The largest absolute Gasteiger partial charge is 0.338 e. The molecule has 1 aliphatic heterocycles. The van der Waals surface area contributed by atoms with Gasteiger partial charge in [0, 0.05) is 36.5 Å². The molecule has 1 saturated heterocycles. The molecule has 0 spiro atoms. The summed E-state index contributed by atoms with van der Waals surface area (Å²) in [5, 5.41) is 4.80. The molecular weight excluding hydrogens is 422 g/mol. The highest BCUT2D eigenvalue weighted by atomic mass is 32.2. The van der Waals surface area contributed by atoms with Crippen LogP contribution in [0.15, 0.2) is 60.8 Å². The molecule has 1 aromatic heterocycles. The normalized spacial score (nSPS) is 17.7. The molecule has 2 aromatic carbocycles. The van der Waals surface area contributed by atoms with Crippen molar-refractivity contribution in [1.82, 2.24) is 14.7 Å². The lowest BCUT2D eigenvalue weighted by molar-refractivity contribution is -0.126. The number of benzene rings is 2. The molecule has 1 fully saturated rings. The molecule has 0 saturated carbocycles. The van der Waals surface area contributed by atoms with Gasteiger partial charge in [0.2, 0.25) is 5.91 Å². The van der Waals surface area contributed by atoms with Gasteiger partial charge < -0.3 is 4.90 Å². The number of carbonyl (C=O) groups is 1. The lowest BCUT2D eigenvalue weighted by Crippen LogP contribution is -2.36. The lowest BCUT2D eigenvalue weighted by atomic mass is 10.0. The molecule has 0 aliphatic carbocycles. The van der Waals surface area contributed by atoms with Crippen LogP contribution in [-0.2, 0) is 14.6 Å². The molecule has 0 bridgehead atoms. The fraction of sp³-hybridized carbons (Fsp3) is 0.280. The zero-order valence-corrected chi connectivity index (χ0v) is 19.3. The number of nitrogens with zero attached hydrogens (tertiary/aromatic N) is 3. The Hall–Kier alpha value is -3.19. The van der Waals surface area contributed by atoms with Crippen LogP contribution in [0.4, 0.5) is 0 Å². The second-order valence-electron chi connectivity index (χ2n) is 8.35. The first-order valence-corrected chi connectivity index (χ1v) is 12.4. The van der Waals surface area contributed by atoms with Crippen LogP contribution >= 0.6 is 0 Å². The minimum Gasteiger partial charge on any atom is -0.338 e. The van der Waals surface area contributed by atoms with Crippen molar-refractivity contribution in [2.45, 2.75) is 26.3 Å². The highest BCUT2D eigenvalue weighted by Crippen LogP contribution is 2.27. The molecule has 3 aromatic rings. The van der Waals surface area contributed by atoms with Gasteiger partial charge in [-0.05, 0) is 55.7 Å².